The van der Waals surface area contributed by atoms with Crippen LogP contribution in [0.1, 0.15) is 42.0 Å². The number of carbonyl (C=O) groups is 1. The summed E-state index contributed by atoms with van der Waals surface area (Å²) in [6.45, 7) is 7.90. The van der Waals surface area contributed by atoms with E-state index in [1.54, 1.807) is 12.1 Å². The molecule has 0 bridgehead atoms. The molecule has 0 aliphatic carbocycles. The predicted octanol–water partition coefficient (Wildman–Crippen LogP) is 3.37. The fourth-order valence-corrected chi connectivity index (χ4v) is 2.03. The molecule has 1 atom stereocenters. The van der Waals surface area contributed by atoms with Gasteiger partial charge in [-0.15, -0.1) is 0 Å². The Morgan fingerprint density at radius 3 is 2.27 bits per heavy atom. The molecule has 116 valence electrons. The Bertz CT molecular complexity index is 632. The quantitative estimate of drug-likeness (QED) is 0.888. The zero-order chi connectivity index (χ0) is 16.1. The largest absolute Gasteiger partial charge is 0.350 e. The van der Waals surface area contributed by atoms with E-state index < -0.39 is 0 Å². The van der Waals surface area contributed by atoms with E-state index in [0.29, 0.717) is 11.5 Å². The van der Waals surface area contributed by atoms with Crippen LogP contribution in [0.15, 0.2) is 30.3 Å². The summed E-state index contributed by atoms with van der Waals surface area (Å²) in [6, 6.07) is 9.40. The van der Waals surface area contributed by atoms with Gasteiger partial charge in [0.15, 0.2) is 0 Å². The molecule has 2 rings (SSSR count). The van der Waals surface area contributed by atoms with E-state index in [-0.39, 0.29) is 11.9 Å². The van der Waals surface area contributed by atoms with Crippen molar-refractivity contribution in [3.8, 4) is 0 Å². The fourth-order valence-electron chi connectivity index (χ4n) is 2.03. The minimum absolute atomic E-state index is 0.0523. The third-order valence-corrected chi connectivity index (χ3v) is 3.38. The van der Waals surface area contributed by atoms with E-state index in [9.17, 15) is 4.79 Å². The molecular formula is C17H22N4O. The third-order valence-electron chi connectivity index (χ3n) is 3.38. The fraction of sp³-hybridized carbons (Fsp3) is 0.353. The summed E-state index contributed by atoms with van der Waals surface area (Å²) in [4.78, 5) is 20.7. The van der Waals surface area contributed by atoms with Crippen LogP contribution in [0, 0.1) is 13.8 Å². The van der Waals surface area contributed by atoms with Crippen LogP contribution in [-0.4, -0.2) is 21.9 Å². The van der Waals surface area contributed by atoms with Gasteiger partial charge in [0, 0.05) is 28.7 Å². The van der Waals surface area contributed by atoms with Gasteiger partial charge in [0.25, 0.3) is 5.91 Å². The molecule has 1 amide bonds. The highest BCUT2D eigenvalue weighted by molar-refractivity contribution is 5.94. The molecular weight excluding hydrogens is 276 g/mol. The molecule has 1 heterocycles. The zero-order valence-electron chi connectivity index (χ0n) is 13.5. The third kappa shape index (κ3) is 4.28. The number of aromatic nitrogens is 2. The molecule has 2 N–H and O–H groups in total. The first kappa shape index (κ1) is 15.9. The standard InChI is InChI=1S/C17H22N4O/c1-5-11(2)18-16(22)14-6-8-15(9-7-14)21-17-19-12(3)10-13(4)20-17/h6-11H,5H2,1-4H3,(H,18,22)(H,19,20,21)/t11-/m0/s1. The van der Waals surface area contributed by atoms with Crippen LogP contribution < -0.4 is 10.6 Å². The molecule has 0 fully saturated rings. The maximum atomic E-state index is 12.0. The van der Waals surface area contributed by atoms with Gasteiger partial charge in [0.1, 0.15) is 0 Å². The van der Waals surface area contributed by atoms with Gasteiger partial charge in [-0.3, -0.25) is 4.79 Å². The van der Waals surface area contributed by atoms with Crippen molar-refractivity contribution in [2.75, 3.05) is 5.32 Å². The van der Waals surface area contributed by atoms with E-state index >= 15 is 0 Å². The number of anilines is 2. The Balaban J connectivity index is 2.07. The normalized spacial score (nSPS) is 11.8. The second-order valence-corrected chi connectivity index (χ2v) is 5.46. The SMILES string of the molecule is CC[C@H](C)NC(=O)c1ccc(Nc2nc(C)cc(C)n2)cc1. The van der Waals surface area contributed by atoms with Crippen molar-refractivity contribution in [2.45, 2.75) is 40.2 Å². The van der Waals surface area contributed by atoms with Crippen molar-refractivity contribution < 1.29 is 4.79 Å². The van der Waals surface area contributed by atoms with E-state index in [0.717, 1.165) is 23.5 Å². The van der Waals surface area contributed by atoms with Crippen LogP contribution in [0.4, 0.5) is 11.6 Å². The average Bonchev–Trinajstić information content (AvgIpc) is 2.46. The van der Waals surface area contributed by atoms with Crippen molar-refractivity contribution in [1.29, 1.82) is 0 Å². The summed E-state index contributed by atoms with van der Waals surface area (Å²) >= 11 is 0. The lowest BCUT2D eigenvalue weighted by Crippen LogP contribution is -2.31. The van der Waals surface area contributed by atoms with Gasteiger partial charge in [-0.05, 0) is 57.5 Å². The number of nitrogens with zero attached hydrogens (tertiary/aromatic N) is 2. The zero-order valence-corrected chi connectivity index (χ0v) is 13.5. The molecule has 5 heteroatoms. The molecule has 0 saturated heterocycles. The summed E-state index contributed by atoms with van der Waals surface area (Å²) in [7, 11) is 0. The summed E-state index contributed by atoms with van der Waals surface area (Å²) in [6.07, 6.45) is 0.912. The molecule has 1 aromatic carbocycles. The number of hydrogen-bond donors (Lipinski definition) is 2. The van der Waals surface area contributed by atoms with Gasteiger partial charge >= 0.3 is 0 Å². The van der Waals surface area contributed by atoms with E-state index in [2.05, 4.69) is 20.6 Å². The smallest absolute Gasteiger partial charge is 0.251 e. The highest BCUT2D eigenvalue weighted by Crippen LogP contribution is 2.15. The van der Waals surface area contributed by atoms with Crippen LogP contribution in [0.3, 0.4) is 0 Å². The molecule has 0 spiro atoms. The van der Waals surface area contributed by atoms with E-state index in [4.69, 9.17) is 0 Å². The van der Waals surface area contributed by atoms with E-state index in [1.807, 2.05) is 45.9 Å². The number of carbonyl (C=O) groups excluding carboxylic acids is 1. The summed E-state index contributed by atoms with van der Waals surface area (Å²) < 4.78 is 0. The van der Waals surface area contributed by atoms with Gasteiger partial charge in [-0.25, -0.2) is 9.97 Å². The highest BCUT2D eigenvalue weighted by Gasteiger charge is 2.08. The minimum Gasteiger partial charge on any atom is -0.350 e. The molecule has 1 aromatic heterocycles. The maximum absolute atomic E-state index is 12.0. The molecule has 2 aromatic rings. The second kappa shape index (κ2) is 7.02. The average molecular weight is 298 g/mol. The molecule has 0 aliphatic rings. The van der Waals surface area contributed by atoms with E-state index in [1.165, 1.54) is 0 Å². The van der Waals surface area contributed by atoms with Crippen molar-refractivity contribution in [2.24, 2.45) is 0 Å². The molecule has 5 nitrogen and oxygen atoms in total. The van der Waals surface area contributed by atoms with Gasteiger partial charge in [-0.1, -0.05) is 6.92 Å². The van der Waals surface area contributed by atoms with Gasteiger partial charge in [-0.2, -0.15) is 0 Å². The Labute approximate surface area is 131 Å². The van der Waals surface area contributed by atoms with Crippen molar-refractivity contribution in [3.05, 3.63) is 47.3 Å². The molecule has 22 heavy (non-hydrogen) atoms. The molecule has 0 aliphatic heterocycles. The Kier molecular flexibility index (Phi) is 5.09. The first-order chi connectivity index (χ1) is 10.5. The number of benzene rings is 1. The monoisotopic (exact) mass is 298 g/mol. The Hall–Kier alpha value is -2.43. The second-order valence-electron chi connectivity index (χ2n) is 5.46. The Morgan fingerprint density at radius 1 is 1.14 bits per heavy atom. The number of nitrogens with one attached hydrogen (secondary N) is 2. The summed E-state index contributed by atoms with van der Waals surface area (Å²) in [5.41, 5.74) is 3.33. The van der Waals surface area contributed by atoms with Crippen LogP contribution in [0.25, 0.3) is 0 Å². The predicted molar refractivity (Wildman–Crippen MR) is 88.4 cm³/mol. The van der Waals surface area contributed by atoms with Crippen LogP contribution in [0.2, 0.25) is 0 Å². The highest BCUT2D eigenvalue weighted by atomic mass is 16.1. The molecule has 0 unspecified atom stereocenters. The number of aryl methyl sites for hydroxylation is 2. The first-order valence-corrected chi connectivity index (χ1v) is 7.48. The van der Waals surface area contributed by atoms with Crippen molar-refractivity contribution in [1.82, 2.24) is 15.3 Å². The number of rotatable bonds is 5. The lowest BCUT2D eigenvalue weighted by atomic mass is 10.1. The maximum Gasteiger partial charge on any atom is 0.251 e. The minimum atomic E-state index is -0.0523. The molecule has 0 radical (unpaired) electrons. The number of amides is 1. The van der Waals surface area contributed by atoms with Crippen molar-refractivity contribution in [3.63, 3.8) is 0 Å². The van der Waals surface area contributed by atoms with Crippen LogP contribution in [-0.2, 0) is 0 Å². The lowest BCUT2D eigenvalue weighted by molar-refractivity contribution is 0.0939. The number of hydrogen-bond acceptors (Lipinski definition) is 4. The van der Waals surface area contributed by atoms with Gasteiger partial charge < -0.3 is 10.6 Å². The molecule has 0 saturated carbocycles. The topological polar surface area (TPSA) is 66.9 Å². The van der Waals surface area contributed by atoms with Crippen LogP contribution in [0.5, 0.6) is 0 Å². The van der Waals surface area contributed by atoms with Crippen molar-refractivity contribution >= 4 is 17.5 Å². The summed E-state index contributed by atoms with van der Waals surface area (Å²) in [5, 5.41) is 6.10. The van der Waals surface area contributed by atoms with Gasteiger partial charge in [0.2, 0.25) is 5.95 Å². The van der Waals surface area contributed by atoms with Gasteiger partial charge in [0.05, 0.1) is 0 Å². The summed E-state index contributed by atoms with van der Waals surface area (Å²) in [5.74, 6) is 0.512. The Morgan fingerprint density at radius 2 is 1.73 bits per heavy atom. The first-order valence-electron chi connectivity index (χ1n) is 7.48. The lowest BCUT2D eigenvalue weighted by Gasteiger charge is -2.12. The van der Waals surface area contributed by atoms with Crippen LogP contribution >= 0.6 is 0 Å².